The van der Waals surface area contributed by atoms with Crippen molar-refractivity contribution in [3.63, 3.8) is 0 Å². The summed E-state index contributed by atoms with van der Waals surface area (Å²) in [5.74, 6) is -0.662. The van der Waals surface area contributed by atoms with Crippen LogP contribution >= 0.6 is 23.2 Å². The molecule has 2 fully saturated rings. The van der Waals surface area contributed by atoms with Crippen LogP contribution in [0.3, 0.4) is 0 Å². The minimum Gasteiger partial charge on any atom is -0.396 e. The average Bonchev–Trinajstić information content (AvgIpc) is 3.44. The fraction of sp³-hybridized carbons (Fsp3) is 0.577. The third-order valence-electron chi connectivity index (χ3n) is 7.32. The number of likely N-dealkylation sites (tertiary alicyclic amines) is 1. The van der Waals surface area contributed by atoms with Crippen LogP contribution in [0.4, 0.5) is 32.3 Å². The number of benzene rings is 1. The lowest BCUT2D eigenvalue weighted by molar-refractivity contribution is -0.143. The van der Waals surface area contributed by atoms with Crippen LogP contribution in [0.1, 0.15) is 59.2 Å². The van der Waals surface area contributed by atoms with Crippen LogP contribution < -0.4 is 4.90 Å². The van der Waals surface area contributed by atoms with Gasteiger partial charge in [-0.2, -0.15) is 26.3 Å². The number of alkyl halides is 6. The predicted octanol–water partition coefficient (Wildman–Crippen LogP) is 5.91. The third kappa shape index (κ3) is 7.74. The smallest absolute Gasteiger partial charge is 0.396 e. The number of nitrogens with zero attached hydrogens (tertiary/aromatic N) is 5. The molecule has 0 atom stereocenters. The molecule has 1 amide bonds. The van der Waals surface area contributed by atoms with Gasteiger partial charge in [0.2, 0.25) is 5.95 Å². The molecule has 2 saturated heterocycles. The number of halogens is 8. The molecule has 0 bridgehead atoms. The van der Waals surface area contributed by atoms with E-state index in [0.29, 0.717) is 31.3 Å². The topological polar surface area (TPSA) is 72.8 Å². The number of aliphatic hydroxyl groups excluding tert-OH is 1. The van der Waals surface area contributed by atoms with Crippen molar-refractivity contribution in [3.8, 4) is 0 Å². The quantitative estimate of drug-likeness (QED) is 0.290. The van der Waals surface area contributed by atoms with Crippen molar-refractivity contribution in [3.05, 3.63) is 50.8 Å². The molecule has 0 aliphatic carbocycles. The van der Waals surface area contributed by atoms with Crippen LogP contribution in [0.15, 0.2) is 18.2 Å². The van der Waals surface area contributed by atoms with Crippen LogP contribution in [0.5, 0.6) is 0 Å². The van der Waals surface area contributed by atoms with Gasteiger partial charge in [-0.3, -0.25) is 4.79 Å². The maximum atomic E-state index is 13.5. The Bertz CT molecular complexity index is 1180. The van der Waals surface area contributed by atoms with Crippen molar-refractivity contribution in [1.82, 2.24) is 19.8 Å². The molecule has 0 saturated carbocycles. The van der Waals surface area contributed by atoms with Crippen molar-refractivity contribution in [1.29, 1.82) is 0 Å². The van der Waals surface area contributed by atoms with Crippen molar-refractivity contribution in [2.45, 2.75) is 57.0 Å². The van der Waals surface area contributed by atoms with Gasteiger partial charge in [-0.05, 0) is 69.0 Å². The summed E-state index contributed by atoms with van der Waals surface area (Å²) in [6.07, 6.45) is -5.93. The molecule has 226 valence electrons. The van der Waals surface area contributed by atoms with Gasteiger partial charge in [-0.15, -0.1) is 0 Å². The summed E-state index contributed by atoms with van der Waals surface area (Å²) >= 11 is 12.7. The van der Waals surface area contributed by atoms with Crippen LogP contribution in [0, 0.1) is 0 Å². The summed E-state index contributed by atoms with van der Waals surface area (Å²) in [5.41, 5.74) is -3.75. The summed E-state index contributed by atoms with van der Waals surface area (Å²) in [4.78, 5) is 27.3. The van der Waals surface area contributed by atoms with Gasteiger partial charge in [-0.25, -0.2) is 9.97 Å². The van der Waals surface area contributed by atoms with E-state index in [9.17, 15) is 36.2 Å². The Balaban J connectivity index is 1.57. The third-order valence-corrected chi connectivity index (χ3v) is 7.87. The van der Waals surface area contributed by atoms with Crippen molar-refractivity contribution in [2.75, 3.05) is 44.2 Å². The number of hydrogen-bond acceptors (Lipinski definition) is 6. The minimum absolute atomic E-state index is 0.00301. The lowest BCUT2D eigenvalue weighted by Crippen LogP contribution is -2.44. The number of aliphatic hydroxyl groups is 1. The van der Waals surface area contributed by atoms with Gasteiger partial charge in [0.15, 0.2) is 0 Å². The van der Waals surface area contributed by atoms with Gasteiger partial charge >= 0.3 is 12.4 Å². The minimum atomic E-state index is -5.05. The second kappa shape index (κ2) is 12.9. The number of piperidine rings is 1. The van der Waals surface area contributed by atoms with Gasteiger partial charge in [0.05, 0.1) is 11.1 Å². The second-order valence-corrected chi connectivity index (χ2v) is 10.9. The first-order chi connectivity index (χ1) is 19.3. The monoisotopic (exact) mass is 627 g/mol. The lowest BCUT2D eigenvalue weighted by Gasteiger charge is -2.36. The van der Waals surface area contributed by atoms with Crippen molar-refractivity contribution < 1.29 is 36.2 Å². The van der Waals surface area contributed by atoms with Crippen LogP contribution in [-0.4, -0.2) is 76.2 Å². The number of anilines is 1. The Morgan fingerprint density at radius 1 is 0.927 bits per heavy atom. The summed E-state index contributed by atoms with van der Waals surface area (Å²) in [6.45, 7) is 2.25. The zero-order valence-corrected chi connectivity index (χ0v) is 23.4. The highest BCUT2D eigenvalue weighted by Gasteiger charge is 2.37. The summed E-state index contributed by atoms with van der Waals surface area (Å²) in [6, 6.07) is 1.57. The van der Waals surface area contributed by atoms with Gasteiger partial charge in [0.25, 0.3) is 5.91 Å². The van der Waals surface area contributed by atoms with E-state index in [1.807, 2.05) is 4.90 Å². The Morgan fingerprint density at radius 3 is 1.95 bits per heavy atom. The number of carbonyl (C=O) groups is 1. The van der Waals surface area contributed by atoms with E-state index in [1.54, 1.807) is 0 Å². The highest BCUT2D eigenvalue weighted by Crippen LogP contribution is 2.37. The fourth-order valence-corrected chi connectivity index (χ4v) is 5.80. The number of hydrogen-bond donors (Lipinski definition) is 1. The lowest BCUT2D eigenvalue weighted by atomic mass is 10.0. The first kappa shape index (κ1) is 31.6. The van der Waals surface area contributed by atoms with E-state index in [-0.39, 0.29) is 47.5 Å². The van der Waals surface area contributed by atoms with Crippen molar-refractivity contribution in [2.24, 2.45) is 0 Å². The number of carbonyl (C=O) groups excluding carboxylic acids is 1. The molecule has 2 aliphatic rings. The van der Waals surface area contributed by atoms with Gasteiger partial charge in [0.1, 0.15) is 15.9 Å². The molecule has 2 aliphatic heterocycles. The molecule has 1 N–H and O–H groups in total. The van der Waals surface area contributed by atoms with Gasteiger partial charge in [-0.1, -0.05) is 23.2 Å². The van der Waals surface area contributed by atoms with Gasteiger partial charge < -0.3 is 19.8 Å². The SMILES string of the molecule is O=C(c1c(Cl)nc(N2CCC(N3CCCC3)CC2)nc1Cl)N(CCCO)Cc1cc(C(F)(F)F)cc(C(F)(F)F)c1. The zero-order chi connectivity index (χ0) is 29.9. The molecule has 1 aromatic carbocycles. The molecule has 0 spiro atoms. The number of aromatic nitrogens is 2. The van der Waals surface area contributed by atoms with E-state index in [2.05, 4.69) is 14.9 Å². The Labute approximate surface area is 243 Å². The maximum Gasteiger partial charge on any atom is 0.416 e. The molecule has 1 aromatic heterocycles. The summed E-state index contributed by atoms with van der Waals surface area (Å²) in [5, 5.41) is 8.71. The molecular formula is C26H29Cl2F6N5O2. The second-order valence-electron chi connectivity index (χ2n) is 10.2. The molecule has 0 unspecified atom stereocenters. The predicted molar refractivity (Wildman–Crippen MR) is 141 cm³/mol. The Kier molecular flexibility index (Phi) is 9.93. The largest absolute Gasteiger partial charge is 0.416 e. The molecule has 2 aromatic rings. The molecular weight excluding hydrogens is 599 g/mol. The Morgan fingerprint density at radius 2 is 1.46 bits per heavy atom. The van der Waals surface area contributed by atoms with E-state index < -0.39 is 41.5 Å². The van der Waals surface area contributed by atoms with Crippen LogP contribution in [-0.2, 0) is 18.9 Å². The van der Waals surface area contributed by atoms with E-state index >= 15 is 0 Å². The standard InChI is InChI=1S/C26H29Cl2F6N5O2/c27-21-20(22(28)36-24(35-21)38-9-4-19(5-10-38)37-6-1-2-7-37)23(41)39(8-3-11-40)15-16-12-17(25(29,30)31)14-18(13-16)26(32,33)34/h12-14,19,40H,1-11,15H2. The van der Waals surface area contributed by atoms with Gasteiger partial charge in [0, 0.05) is 38.8 Å². The summed E-state index contributed by atoms with van der Waals surface area (Å²) in [7, 11) is 0. The number of amides is 1. The van der Waals surface area contributed by atoms with Crippen LogP contribution in [0.25, 0.3) is 0 Å². The molecule has 7 nitrogen and oxygen atoms in total. The molecule has 41 heavy (non-hydrogen) atoms. The molecule has 4 rings (SSSR count). The number of rotatable bonds is 8. The maximum absolute atomic E-state index is 13.5. The summed E-state index contributed by atoms with van der Waals surface area (Å²) < 4.78 is 80.1. The molecule has 3 heterocycles. The zero-order valence-electron chi connectivity index (χ0n) is 21.9. The molecule has 15 heteroatoms. The average molecular weight is 628 g/mol. The molecule has 0 radical (unpaired) electrons. The highest BCUT2D eigenvalue weighted by molar-refractivity contribution is 6.38. The normalized spacial score (nSPS) is 17.3. The highest BCUT2D eigenvalue weighted by atomic mass is 35.5. The Hall–Kier alpha value is -2.35. The van der Waals surface area contributed by atoms with E-state index in [0.717, 1.165) is 30.8 Å². The first-order valence-corrected chi connectivity index (χ1v) is 13.9. The van der Waals surface area contributed by atoms with E-state index in [4.69, 9.17) is 23.2 Å². The first-order valence-electron chi connectivity index (χ1n) is 13.2. The fourth-order valence-electron chi connectivity index (χ4n) is 5.26. The van der Waals surface area contributed by atoms with E-state index in [1.165, 1.54) is 12.8 Å². The van der Waals surface area contributed by atoms with Crippen molar-refractivity contribution >= 4 is 35.1 Å². The van der Waals surface area contributed by atoms with Crippen LogP contribution in [0.2, 0.25) is 10.3 Å².